The second-order valence-electron chi connectivity index (χ2n) is 9.30. The summed E-state index contributed by atoms with van der Waals surface area (Å²) < 4.78 is 53.5. The monoisotopic (exact) mass is 578 g/mol. The molecule has 202 valence electrons. The smallest absolute Gasteiger partial charge is 0.243 e. The number of halogens is 2. The van der Waals surface area contributed by atoms with E-state index in [4.69, 9.17) is 21.1 Å². The maximum Gasteiger partial charge on any atom is 0.243 e. The van der Waals surface area contributed by atoms with Crippen LogP contribution < -0.4 is 4.74 Å². The molecule has 38 heavy (non-hydrogen) atoms. The van der Waals surface area contributed by atoms with Crippen molar-refractivity contribution in [3.05, 3.63) is 81.3 Å². The van der Waals surface area contributed by atoms with Crippen LogP contribution in [0.5, 0.6) is 5.75 Å². The third-order valence-corrected chi connectivity index (χ3v) is 9.91. The molecule has 7 nitrogen and oxygen atoms in total. The molecule has 11 heteroatoms. The highest BCUT2D eigenvalue weighted by Crippen LogP contribution is 2.34. The summed E-state index contributed by atoms with van der Waals surface area (Å²) in [6.07, 6.45) is 1.99. The molecule has 2 atom stereocenters. The van der Waals surface area contributed by atoms with E-state index in [1.54, 1.807) is 28.4 Å². The number of hydrogen-bond donors (Lipinski definition) is 0. The fourth-order valence-corrected chi connectivity index (χ4v) is 7.32. The molecule has 0 radical (unpaired) electrons. The molecule has 0 spiro atoms. The minimum Gasteiger partial charge on any atom is -0.491 e. The largest absolute Gasteiger partial charge is 0.491 e. The van der Waals surface area contributed by atoms with E-state index in [2.05, 4.69) is 0 Å². The summed E-state index contributed by atoms with van der Waals surface area (Å²) in [4.78, 5) is 16.7. The normalized spacial score (nSPS) is 19.5. The Labute approximate surface area is 230 Å². The molecular formula is C27H28ClFN2O5S2. The van der Waals surface area contributed by atoms with Gasteiger partial charge in [-0.2, -0.15) is 4.31 Å². The lowest BCUT2D eigenvalue weighted by atomic mass is 10.0. The van der Waals surface area contributed by atoms with Gasteiger partial charge in [0.15, 0.2) is 0 Å². The van der Waals surface area contributed by atoms with Crippen LogP contribution in [-0.2, 0) is 26.0 Å². The second kappa shape index (κ2) is 11.7. The lowest BCUT2D eigenvalue weighted by molar-refractivity contribution is -0.135. The molecule has 0 aliphatic carbocycles. The van der Waals surface area contributed by atoms with Gasteiger partial charge in [-0.3, -0.25) is 4.79 Å². The van der Waals surface area contributed by atoms with Crippen LogP contribution in [-0.4, -0.2) is 62.5 Å². The zero-order chi connectivity index (χ0) is 26.7. The van der Waals surface area contributed by atoms with Crippen LogP contribution in [0.25, 0.3) is 0 Å². The van der Waals surface area contributed by atoms with E-state index < -0.39 is 16.1 Å². The Hall–Kier alpha value is -2.50. The summed E-state index contributed by atoms with van der Waals surface area (Å²) in [7, 11) is -3.98. The van der Waals surface area contributed by atoms with Gasteiger partial charge in [0.25, 0.3) is 0 Å². The van der Waals surface area contributed by atoms with Crippen molar-refractivity contribution in [1.29, 1.82) is 0 Å². The van der Waals surface area contributed by atoms with Gasteiger partial charge in [0.2, 0.25) is 15.9 Å². The molecule has 2 aliphatic rings. The van der Waals surface area contributed by atoms with Crippen molar-refractivity contribution in [1.82, 2.24) is 9.21 Å². The third-order valence-electron chi connectivity index (χ3n) is 6.83. The highest BCUT2D eigenvalue weighted by Gasteiger charge is 2.36. The Morgan fingerprint density at radius 2 is 1.92 bits per heavy atom. The van der Waals surface area contributed by atoms with Crippen LogP contribution in [0.2, 0.25) is 5.02 Å². The average molecular weight is 579 g/mol. The number of ether oxygens (including phenoxy) is 2. The molecule has 0 saturated carbocycles. The first-order valence-electron chi connectivity index (χ1n) is 12.4. The summed E-state index contributed by atoms with van der Waals surface area (Å²) in [6.45, 7) is 0.945. The molecule has 3 aromatic rings. The maximum atomic E-state index is 13.8. The predicted octanol–water partition coefficient (Wildman–Crippen LogP) is 4.92. The number of amides is 1. The van der Waals surface area contributed by atoms with Crippen molar-refractivity contribution < 1.29 is 27.1 Å². The van der Waals surface area contributed by atoms with Crippen molar-refractivity contribution in [2.24, 2.45) is 0 Å². The lowest BCUT2D eigenvalue weighted by Crippen LogP contribution is -2.49. The topological polar surface area (TPSA) is 76.2 Å². The molecule has 1 fully saturated rings. The first-order valence-corrected chi connectivity index (χ1v) is 15.1. The van der Waals surface area contributed by atoms with Crippen LogP contribution in [0.15, 0.2) is 64.9 Å². The highest BCUT2D eigenvalue weighted by atomic mass is 35.5. The molecule has 0 bridgehead atoms. The molecule has 2 aliphatic heterocycles. The van der Waals surface area contributed by atoms with Crippen LogP contribution >= 0.6 is 22.9 Å². The van der Waals surface area contributed by atoms with E-state index in [1.807, 2.05) is 11.4 Å². The fourth-order valence-electron chi connectivity index (χ4n) is 4.84. The van der Waals surface area contributed by atoms with Gasteiger partial charge in [-0.05, 0) is 84.8 Å². The summed E-state index contributed by atoms with van der Waals surface area (Å²) in [5.74, 6) is -0.184. The lowest BCUT2D eigenvalue weighted by Gasteiger charge is -2.37. The Morgan fingerprint density at radius 1 is 1.16 bits per heavy atom. The highest BCUT2D eigenvalue weighted by molar-refractivity contribution is 7.89. The number of carbonyl (C=O) groups is 1. The Kier molecular flexibility index (Phi) is 8.35. The van der Waals surface area contributed by atoms with E-state index >= 15 is 0 Å². The van der Waals surface area contributed by atoms with Crippen molar-refractivity contribution in [2.75, 3.05) is 32.8 Å². The van der Waals surface area contributed by atoms with Crippen molar-refractivity contribution in [2.45, 2.75) is 36.3 Å². The van der Waals surface area contributed by atoms with Crippen molar-refractivity contribution in [3.8, 4) is 5.75 Å². The minimum atomic E-state index is -3.98. The molecule has 5 rings (SSSR count). The molecule has 1 aromatic heterocycles. The first kappa shape index (κ1) is 27.1. The Morgan fingerprint density at radius 3 is 2.63 bits per heavy atom. The second-order valence-corrected chi connectivity index (χ2v) is 12.7. The standard InChI is InChI=1S/C27H28ClFN2O5S2/c28-19-3-9-23(10-4-19)38(33,34)30(16-22-2-1-14-35-22)17-27(32)31-13-11-26-24(12-15-37-26)25(31)18-36-21-7-5-20(29)6-8-21/h3-10,12,15,22,25H,1-2,11,13-14,16-18H2/t22-,25-/m0/s1. The summed E-state index contributed by atoms with van der Waals surface area (Å²) in [5.41, 5.74) is 0.989. The van der Waals surface area contributed by atoms with Gasteiger partial charge >= 0.3 is 0 Å². The number of hydrogen-bond acceptors (Lipinski definition) is 6. The van der Waals surface area contributed by atoms with Gasteiger partial charge in [-0.1, -0.05) is 11.6 Å². The van der Waals surface area contributed by atoms with Gasteiger partial charge in [0.1, 0.15) is 18.2 Å². The molecule has 1 saturated heterocycles. The van der Waals surface area contributed by atoms with Crippen LogP contribution in [0.1, 0.15) is 29.3 Å². The molecule has 0 N–H and O–H groups in total. The van der Waals surface area contributed by atoms with E-state index in [0.29, 0.717) is 30.3 Å². The van der Waals surface area contributed by atoms with Gasteiger partial charge < -0.3 is 14.4 Å². The number of benzene rings is 2. The number of carbonyl (C=O) groups excluding carboxylic acids is 1. The molecule has 3 heterocycles. The minimum absolute atomic E-state index is 0.0719. The first-order chi connectivity index (χ1) is 18.3. The Bertz CT molecular complexity index is 1360. The number of fused-ring (bicyclic) bond motifs is 1. The van der Waals surface area contributed by atoms with Gasteiger partial charge in [-0.25, -0.2) is 12.8 Å². The van der Waals surface area contributed by atoms with Gasteiger partial charge in [0, 0.05) is 29.6 Å². The average Bonchev–Trinajstić information content (AvgIpc) is 3.60. The SMILES string of the molecule is O=C(CN(C[C@@H]1CCCO1)S(=O)(=O)c1ccc(Cl)cc1)N1CCc2sccc2[C@@H]1COc1ccc(F)cc1. The zero-order valence-corrected chi connectivity index (χ0v) is 23.0. The fraction of sp³-hybridized carbons (Fsp3) is 0.370. The number of rotatable bonds is 9. The van der Waals surface area contributed by atoms with Gasteiger partial charge in [0.05, 0.1) is 23.6 Å². The van der Waals surface area contributed by atoms with E-state index in [-0.39, 0.29) is 42.4 Å². The quantitative estimate of drug-likeness (QED) is 0.360. The number of sulfonamides is 1. The predicted molar refractivity (Wildman–Crippen MR) is 144 cm³/mol. The molecule has 2 aromatic carbocycles. The summed E-state index contributed by atoms with van der Waals surface area (Å²) in [6, 6.07) is 13.2. The number of thiophene rings is 1. The van der Waals surface area contributed by atoms with E-state index in [0.717, 1.165) is 18.4 Å². The van der Waals surface area contributed by atoms with Crippen LogP contribution in [0, 0.1) is 5.82 Å². The van der Waals surface area contributed by atoms with Gasteiger partial charge in [-0.15, -0.1) is 11.3 Å². The molecule has 0 unspecified atom stereocenters. The van der Waals surface area contributed by atoms with E-state index in [9.17, 15) is 17.6 Å². The third kappa shape index (κ3) is 6.05. The maximum absolute atomic E-state index is 13.8. The molecular weight excluding hydrogens is 551 g/mol. The zero-order valence-electron chi connectivity index (χ0n) is 20.6. The number of nitrogens with zero attached hydrogens (tertiary/aromatic N) is 2. The Balaban J connectivity index is 1.38. The van der Waals surface area contributed by atoms with Crippen molar-refractivity contribution >= 4 is 38.9 Å². The summed E-state index contributed by atoms with van der Waals surface area (Å²) in [5, 5.41) is 2.41. The van der Waals surface area contributed by atoms with Crippen LogP contribution in [0.4, 0.5) is 4.39 Å². The van der Waals surface area contributed by atoms with Crippen molar-refractivity contribution in [3.63, 3.8) is 0 Å². The molecule has 1 amide bonds. The van der Waals surface area contributed by atoms with E-state index in [1.165, 1.54) is 45.6 Å². The van der Waals surface area contributed by atoms with Crippen LogP contribution in [0.3, 0.4) is 0 Å². The summed E-state index contributed by atoms with van der Waals surface area (Å²) >= 11 is 7.60.